The van der Waals surface area contributed by atoms with Crippen molar-refractivity contribution < 1.29 is 4.79 Å². The number of amides is 2. The Hall–Kier alpha value is -1.58. The molecule has 1 aromatic heterocycles. The van der Waals surface area contributed by atoms with Crippen molar-refractivity contribution in [3.8, 4) is 0 Å². The quantitative estimate of drug-likeness (QED) is 0.286. The largest absolute Gasteiger partial charge is 0.338 e. The number of anilines is 1. The van der Waals surface area contributed by atoms with Crippen LogP contribution in [0.1, 0.15) is 103 Å². The molecule has 0 aromatic carbocycles. The van der Waals surface area contributed by atoms with E-state index < -0.39 is 0 Å². The molecule has 0 saturated heterocycles. The van der Waals surface area contributed by atoms with Crippen LogP contribution in [0.3, 0.4) is 0 Å². The lowest BCUT2D eigenvalue weighted by Crippen LogP contribution is -2.29. The lowest BCUT2D eigenvalue weighted by Gasteiger charge is -2.07. The molecule has 0 radical (unpaired) electrons. The van der Waals surface area contributed by atoms with Crippen LogP contribution >= 0.6 is 0 Å². The minimum atomic E-state index is -0.168. The molecule has 0 fully saturated rings. The van der Waals surface area contributed by atoms with Gasteiger partial charge in [-0.25, -0.2) is 9.78 Å². The van der Waals surface area contributed by atoms with Gasteiger partial charge in [0, 0.05) is 12.7 Å². The summed E-state index contributed by atoms with van der Waals surface area (Å²) in [6.45, 7) is 3.01. The summed E-state index contributed by atoms with van der Waals surface area (Å²) in [4.78, 5) is 15.8. The zero-order valence-electron chi connectivity index (χ0n) is 17.5. The maximum atomic E-state index is 11.7. The summed E-state index contributed by atoms with van der Waals surface area (Å²) in [6.07, 6.45) is 22.0. The molecule has 0 saturated carbocycles. The Balaban J connectivity index is 1.76. The summed E-state index contributed by atoms with van der Waals surface area (Å²) in [5.41, 5.74) is 0. The number of hydrogen-bond acceptors (Lipinski definition) is 2. The number of aromatic nitrogens is 1. The van der Waals surface area contributed by atoms with Gasteiger partial charge in [0.25, 0.3) is 0 Å². The summed E-state index contributed by atoms with van der Waals surface area (Å²) < 4.78 is 0. The van der Waals surface area contributed by atoms with Gasteiger partial charge in [0.15, 0.2) is 0 Å². The molecule has 2 N–H and O–H groups in total. The number of nitrogens with zero attached hydrogens (tertiary/aromatic N) is 1. The minimum absolute atomic E-state index is 0.168. The van der Waals surface area contributed by atoms with Gasteiger partial charge in [0.05, 0.1) is 0 Å². The summed E-state index contributed by atoms with van der Waals surface area (Å²) in [6, 6.07) is 5.31. The third-order valence-electron chi connectivity index (χ3n) is 4.97. The highest BCUT2D eigenvalue weighted by atomic mass is 16.2. The van der Waals surface area contributed by atoms with E-state index >= 15 is 0 Å². The standard InChI is InChI=1S/C23H41N3O/c1-2-3-4-5-6-7-8-9-10-11-12-13-14-15-17-21-25-23(27)26-22-19-16-18-20-24-22/h16,18-20H,2-15,17,21H2,1H3,(H2,24,25,26,27). The number of hydrogen-bond donors (Lipinski definition) is 2. The van der Waals surface area contributed by atoms with Crippen LogP contribution < -0.4 is 10.6 Å². The molecule has 0 aliphatic heterocycles. The van der Waals surface area contributed by atoms with Crippen LogP contribution in [-0.4, -0.2) is 17.6 Å². The highest BCUT2D eigenvalue weighted by Gasteiger charge is 2.00. The molecule has 0 spiro atoms. The van der Waals surface area contributed by atoms with Gasteiger partial charge >= 0.3 is 6.03 Å². The fourth-order valence-electron chi connectivity index (χ4n) is 3.30. The van der Waals surface area contributed by atoms with Crippen molar-refractivity contribution in [1.82, 2.24) is 10.3 Å². The Morgan fingerprint density at radius 3 is 1.78 bits per heavy atom. The summed E-state index contributed by atoms with van der Waals surface area (Å²) in [7, 11) is 0. The van der Waals surface area contributed by atoms with E-state index in [9.17, 15) is 4.79 Å². The molecule has 1 heterocycles. The Morgan fingerprint density at radius 1 is 0.778 bits per heavy atom. The predicted molar refractivity (Wildman–Crippen MR) is 116 cm³/mol. The summed E-state index contributed by atoms with van der Waals surface area (Å²) in [5, 5.41) is 5.62. The third-order valence-corrected chi connectivity index (χ3v) is 4.97. The Bertz CT molecular complexity index is 450. The van der Waals surface area contributed by atoms with Crippen LogP contribution in [0.5, 0.6) is 0 Å². The summed E-state index contributed by atoms with van der Waals surface area (Å²) in [5.74, 6) is 0.589. The van der Waals surface area contributed by atoms with Gasteiger partial charge in [-0.3, -0.25) is 5.32 Å². The van der Waals surface area contributed by atoms with Crippen LogP contribution in [-0.2, 0) is 0 Å². The molecule has 2 amide bonds. The van der Waals surface area contributed by atoms with E-state index in [0.29, 0.717) is 5.82 Å². The van der Waals surface area contributed by atoms with Gasteiger partial charge < -0.3 is 5.32 Å². The van der Waals surface area contributed by atoms with Gasteiger partial charge in [-0.15, -0.1) is 0 Å². The molecule has 4 heteroatoms. The van der Waals surface area contributed by atoms with Crippen LogP contribution in [0.15, 0.2) is 24.4 Å². The second kappa shape index (κ2) is 17.8. The number of unbranched alkanes of at least 4 members (excludes halogenated alkanes) is 14. The number of carbonyl (C=O) groups is 1. The van der Waals surface area contributed by atoms with Crippen LogP contribution in [0, 0.1) is 0 Å². The average Bonchev–Trinajstić information content (AvgIpc) is 2.68. The van der Waals surface area contributed by atoms with Crippen molar-refractivity contribution in [2.24, 2.45) is 0 Å². The van der Waals surface area contributed by atoms with Crippen molar-refractivity contribution in [3.05, 3.63) is 24.4 Å². The Labute approximate surface area is 166 Å². The predicted octanol–water partition coefficient (Wildman–Crippen LogP) is 7.07. The van der Waals surface area contributed by atoms with E-state index in [2.05, 4.69) is 22.5 Å². The molecule has 0 aliphatic rings. The topological polar surface area (TPSA) is 54.0 Å². The second-order valence-electron chi connectivity index (χ2n) is 7.55. The summed E-state index contributed by atoms with van der Waals surface area (Å²) >= 11 is 0. The SMILES string of the molecule is CCCCCCCCCCCCCCCCCNC(=O)Nc1ccccn1. The molecule has 0 aliphatic carbocycles. The van der Waals surface area contributed by atoms with Gasteiger partial charge in [0.1, 0.15) is 5.82 Å². The van der Waals surface area contributed by atoms with Gasteiger partial charge in [-0.1, -0.05) is 103 Å². The van der Waals surface area contributed by atoms with Gasteiger partial charge in [-0.05, 0) is 18.6 Å². The van der Waals surface area contributed by atoms with Crippen molar-refractivity contribution in [1.29, 1.82) is 0 Å². The fourth-order valence-corrected chi connectivity index (χ4v) is 3.30. The zero-order valence-corrected chi connectivity index (χ0v) is 17.5. The molecule has 154 valence electrons. The second-order valence-corrected chi connectivity index (χ2v) is 7.55. The number of rotatable bonds is 17. The molecular formula is C23H41N3O. The lowest BCUT2D eigenvalue weighted by molar-refractivity contribution is 0.252. The normalized spacial score (nSPS) is 10.7. The highest BCUT2D eigenvalue weighted by Crippen LogP contribution is 2.13. The van der Waals surface area contributed by atoms with Gasteiger partial charge in [-0.2, -0.15) is 0 Å². The first-order valence-electron chi connectivity index (χ1n) is 11.3. The van der Waals surface area contributed by atoms with Crippen molar-refractivity contribution in [2.75, 3.05) is 11.9 Å². The molecule has 1 aromatic rings. The lowest BCUT2D eigenvalue weighted by atomic mass is 10.0. The van der Waals surface area contributed by atoms with E-state index in [1.807, 2.05) is 12.1 Å². The monoisotopic (exact) mass is 375 g/mol. The van der Waals surface area contributed by atoms with E-state index in [0.717, 1.165) is 13.0 Å². The first-order chi connectivity index (χ1) is 13.3. The number of carbonyl (C=O) groups excluding carboxylic acids is 1. The minimum Gasteiger partial charge on any atom is -0.338 e. The van der Waals surface area contributed by atoms with E-state index in [1.54, 1.807) is 12.3 Å². The van der Waals surface area contributed by atoms with Crippen molar-refractivity contribution in [2.45, 2.75) is 103 Å². The Kier molecular flexibility index (Phi) is 15.5. The average molecular weight is 376 g/mol. The number of urea groups is 1. The smallest absolute Gasteiger partial charge is 0.320 e. The van der Waals surface area contributed by atoms with Crippen molar-refractivity contribution >= 4 is 11.8 Å². The fraction of sp³-hybridized carbons (Fsp3) is 0.739. The first-order valence-corrected chi connectivity index (χ1v) is 11.3. The molecular weight excluding hydrogens is 334 g/mol. The van der Waals surface area contributed by atoms with Gasteiger partial charge in [0.2, 0.25) is 0 Å². The molecule has 27 heavy (non-hydrogen) atoms. The van der Waals surface area contributed by atoms with Crippen molar-refractivity contribution in [3.63, 3.8) is 0 Å². The zero-order chi connectivity index (χ0) is 19.4. The molecule has 1 rings (SSSR count). The third kappa shape index (κ3) is 15.2. The van der Waals surface area contributed by atoms with Crippen LogP contribution in [0.4, 0.5) is 10.6 Å². The molecule has 0 unspecified atom stereocenters. The van der Waals surface area contributed by atoms with Crippen LogP contribution in [0.25, 0.3) is 0 Å². The highest BCUT2D eigenvalue weighted by molar-refractivity contribution is 5.88. The number of nitrogens with one attached hydrogen (secondary N) is 2. The number of pyridine rings is 1. The van der Waals surface area contributed by atoms with E-state index in [4.69, 9.17) is 0 Å². The Morgan fingerprint density at radius 2 is 1.30 bits per heavy atom. The maximum absolute atomic E-state index is 11.7. The van der Waals surface area contributed by atoms with E-state index in [-0.39, 0.29) is 6.03 Å². The first kappa shape index (κ1) is 23.5. The molecule has 4 nitrogen and oxygen atoms in total. The molecule has 0 atom stereocenters. The maximum Gasteiger partial charge on any atom is 0.320 e. The van der Waals surface area contributed by atoms with Crippen LogP contribution in [0.2, 0.25) is 0 Å². The molecule has 0 bridgehead atoms. The van der Waals surface area contributed by atoms with E-state index in [1.165, 1.54) is 89.9 Å².